The molecule has 3 aromatic rings. The van der Waals surface area contributed by atoms with Crippen molar-refractivity contribution in [1.82, 2.24) is 0 Å². The number of hydrogen-bond donors (Lipinski definition) is 0. The van der Waals surface area contributed by atoms with Crippen molar-refractivity contribution in [2.75, 3.05) is 7.11 Å². The van der Waals surface area contributed by atoms with Gasteiger partial charge < -0.3 is 4.74 Å². The molecular weight excluding hydrogens is 340 g/mol. The van der Waals surface area contributed by atoms with E-state index in [9.17, 15) is 4.79 Å². The zero-order valence-corrected chi connectivity index (χ0v) is 13.8. The predicted molar refractivity (Wildman–Crippen MR) is 92.7 cm³/mol. The fourth-order valence-electron chi connectivity index (χ4n) is 2.62. The van der Waals surface area contributed by atoms with Crippen LogP contribution in [0.1, 0.15) is 15.9 Å². The highest BCUT2D eigenvalue weighted by Crippen LogP contribution is 2.29. The Labute approximate surface area is 137 Å². The molecule has 0 atom stereocenters. The van der Waals surface area contributed by atoms with E-state index in [0.29, 0.717) is 6.42 Å². The number of ether oxygens (including phenoxy) is 1. The van der Waals surface area contributed by atoms with Gasteiger partial charge in [0, 0.05) is 21.8 Å². The van der Waals surface area contributed by atoms with E-state index < -0.39 is 0 Å². The number of ketones is 1. The van der Waals surface area contributed by atoms with Crippen LogP contribution in [-0.4, -0.2) is 12.9 Å². The van der Waals surface area contributed by atoms with Crippen molar-refractivity contribution in [3.63, 3.8) is 0 Å². The first-order valence-electron chi connectivity index (χ1n) is 7.02. The van der Waals surface area contributed by atoms with E-state index in [1.165, 1.54) is 0 Å². The van der Waals surface area contributed by atoms with Crippen molar-refractivity contribution in [3.8, 4) is 5.75 Å². The standard InChI is InChI=1S/C19H15BrO2/c1-22-19-10-9-16(15-7-2-3-8-17(15)19)18(21)12-13-5-4-6-14(20)11-13/h2-11H,12H2,1H3. The maximum absolute atomic E-state index is 12.7. The van der Waals surface area contributed by atoms with Gasteiger partial charge in [-0.25, -0.2) is 0 Å². The quantitative estimate of drug-likeness (QED) is 0.613. The Morgan fingerprint density at radius 1 is 1.00 bits per heavy atom. The predicted octanol–water partition coefficient (Wildman–Crippen LogP) is 5.04. The van der Waals surface area contributed by atoms with Crippen LogP contribution in [0, 0.1) is 0 Å². The smallest absolute Gasteiger partial charge is 0.167 e. The van der Waals surface area contributed by atoms with Crippen molar-refractivity contribution < 1.29 is 9.53 Å². The van der Waals surface area contributed by atoms with Gasteiger partial charge >= 0.3 is 0 Å². The maximum atomic E-state index is 12.7. The molecule has 0 fully saturated rings. The summed E-state index contributed by atoms with van der Waals surface area (Å²) in [6, 6.07) is 19.4. The van der Waals surface area contributed by atoms with Gasteiger partial charge in [0.25, 0.3) is 0 Å². The third-order valence-corrected chi connectivity index (χ3v) is 4.15. The van der Waals surface area contributed by atoms with Crippen molar-refractivity contribution in [3.05, 3.63) is 76.3 Å². The molecule has 0 bridgehead atoms. The van der Waals surface area contributed by atoms with Crippen LogP contribution in [0.15, 0.2) is 65.1 Å². The number of carbonyl (C=O) groups is 1. The van der Waals surface area contributed by atoms with Gasteiger partial charge in [-0.3, -0.25) is 4.79 Å². The topological polar surface area (TPSA) is 26.3 Å². The lowest BCUT2D eigenvalue weighted by Crippen LogP contribution is -2.04. The Bertz CT molecular complexity index is 840. The summed E-state index contributed by atoms with van der Waals surface area (Å²) in [5.74, 6) is 0.895. The van der Waals surface area contributed by atoms with Crippen LogP contribution in [0.25, 0.3) is 10.8 Å². The molecule has 0 amide bonds. The number of benzene rings is 3. The van der Waals surface area contributed by atoms with Gasteiger partial charge in [0.1, 0.15) is 5.75 Å². The van der Waals surface area contributed by atoms with Crippen LogP contribution in [0.3, 0.4) is 0 Å². The summed E-state index contributed by atoms with van der Waals surface area (Å²) in [7, 11) is 1.64. The molecule has 0 aromatic heterocycles. The number of fused-ring (bicyclic) bond motifs is 1. The lowest BCUT2D eigenvalue weighted by atomic mass is 9.97. The van der Waals surface area contributed by atoms with Crippen LogP contribution in [0.4, 0.5) is 0 Å². The van der Waals surface area contributed by atoms with E-state index in [2.05, 4.69) is 15.9 Å². The molecule has 3 aromatic carbocycles. The fraction of sp³-hybridized carbons (Fsp3) is 0.105. The van der Waals surface area contributed by atoms with Gasteiger partial charge in [-0.15, -0.1) is 0 Å². The van der Waals surface area contributed by atoms with Gasteiger partial charge in [0.2, 0.25) is 0 Å². The Balaban J connectivity index is 2.01. The molecule has 3 heteroatoms. The second-order valence-corrected chi connectivity index (χ2v) is 6.01. The van der Waals surface area contributed by atoms with Crippen molar-refractivity contribution in [2.24, 2.45) is 0 Å². The molecule has 0 N–H and O–H groups in total. The summed E-state index contributed by atoms with van der Waals surface area (Å²) < 4.78 is 6.36. The lowest BCUT2D eigenvalue weighted by molar-refractivity contribution is 0.0994. The SMILES string of the molecule is COc1ccc(C(=O)Cc2cccc(Br)c2)c2ccccc12. The third-order valence-electron chi connectivity index (χ3n) is 3.66. The number of Topliss-reactive ketones (excluding diaryl/α,β-unsaturated/α-hetero) is 1. The van der Waals surface area contributed by atoms with E-state index >= 15 is 0 Å². The molecular formula is C19H15BrO2. The number of carbonyl (C=O) groups excluding carboxylic acids is 1. The molecule has 110 valence electrons. The number of halogens is 1. The average molecular weight is 355 g/mol. The fourth-order valence-corrected chi connectivity index (χ4v) is 3.07. The average Bonchev–Trinajstić information content (AvgIpc) is 2.53. The van der Waals surface area contributed by atoms with Crippen molar-refractivity contribution >= 4 is 32.5 Å². The Kier molecular flexibility index (Phi) is 4.25. The van der Waals surface area contributed by atoms with Gasteiger partial charge in [-0.2, -0.15) is 0 Å². The zero-order valence-electron chi connectivity index (χ0n) is 12.2. The summed E-state index contributed by atoms with van der Waals surface area (Å²) in [6.45, 7) is 0. The molecule has 0 unspecified atom stereocenters. The molecule has 2 nitrogen and oxygen atoms in total. The number of methoxy groups -OCH3 is 1. The van der Waals surface area contributed by atoms with Crippen molar-refractivity contribution in [1.29, 1.82) is 0 Å². The molecule has 0 saturated carbocycles. The van der Waals surface area contributed by atoms with E-state index in [1.54, 1.807) is 7.11 Å². The number of rotatable bonds is 4. The first-order chi connectivity index (χ1) is 10.7. The van der Waals surface area contributed by atoms with E-state index in [1.807, 2.05) is 60.7 Å². The molecule has 0 saturated heterocycles. The molecule has 0 aliphatic carbocycles. The molecule has 0 radical (unpaired) electrons. The van der Waals surface area contributed by atoms with Crippen LogP contribution >= 0.6 is 15.9 Å². The first kappa shape index (κ1) is 14.8. The van der Waals surface area contributed by atoms with Crippen LogP contribution in [0.5, 0.6) is 5.75 Å². The van der Waals surface area contributed by atoms with Gasteiger partial charge in [-0.1, -0.05) is 52.3 Å². The van der Waals surface area contributed by atoms with Gasteiger partial charge in [0.15, 0.2) is 5.78 Å². The van der Waals surface area contributed by atoms with Crippen LogP contribution in [-0.2, 0) is 6.42 Å². The minimum atomic E-state index is 0.108. The summed E-state index contributed by atoms with van der Waals surface area (Å²) >= 11 is 3.44. The molecule has 0 heterocycles. The summed E-state index contributed by atoms with van der Waals surface area (Å²) in [5, 5.41) is 1.90. The summed E-state index contributed by atoms with van der Waals surface area (Å²) in [6.07, 6.45) is 0.385. The maximum Gasteiger partial charge on any atom is 0.167 e. The highest BCUT2D eigenvalue weighted by atomic mass is 79.9. The Hall–Kier alpha value is -2.13. The largest absolute Gasteiger partial charge is 0.496 e. The zero-order chi connectivity index (χ0) is 15.5. The molecule has 0 aliphatic rings. The minimum absolute atomic E-state index is 0.108. The molecule has 0 aliphatic heterocycles. The van der Waals surface area contributed by atoms with Gasteiger partial charge in [0.05, 0.1) is 7.11 Å². The van der Waals surface area contributed by atoms with Crippen LogP contribution < -0.4 is 4.74 Å². The summed E-state index contributed by atoms with van der Waals surface area (Å²) in [5.41, 5.74) is 1.73. The Morgan fingerprint density at radius 3 is 2.50 bits per heavy atom. The van der Waals surface area contributed by atoms with Crippen molar-refractivity contribution in [2.45, 2.75) is 6.42 Å². The molecule has 0 spiro atoms. The highest BCUT2D eigenvalue weighted by molar-refractivity contribution is 9.10. The normalized spacial score (nSPS) is 10.6. The Morgan fingerprint density at radius 2 is 1.77 bits per heavy atom. The van der Waals surface area contributed by atoms with Crippen LogP contribution in [0.2, 0.25) is 0 Å². The second-order valence-electron chi connectivity index (χ2n) is 5.09. The summed E-state index contributed by atoms with van der Waals surface area (Å²) in [4.78, 5) is 12.7. The third kappa shape index (κ3) is 2.90. The first-order valence-corrected chi connectivity index (χ1v) is 7.81. The van der Waals surface area contributed by atoms with Gasteiger partial charge in [-0.05, 0) is 35.2 Å². The highest BCUT2D eigenvalue weighted by Gasteiger charge is 2.13. The molecule has 3 rings (SSSR count). The van der Waals surface area contributed by atoms with E-state index in [0.717, 1.165) is 32.1 Å². The lowest BCUT2D eigenvalue weighted by Gasteiger charge is -2.10. The second kappa shape index (κ2) is 6.32. The monoisotopic (exact) mass is 354 g/mol. The minimum Gasteiger partial charge on any atom is -0.496 e. The van der Waals surface area contributed by atoms with E-state index in [-0.39, 0.29) is 5.78 Å². The number of hydrogen-bond acceptors (Lipinski definition) is 2. The van der Waals surface area contributed by atoms with E-state index in [4.69, 9.17) is 4.74 Å². The molecule has 22 heavy (non-hydrogen) atoms.